The van der Waals surface area contributed by atoms with Crippen molar-refractivity contribution in [2.45, 2.75) is 13.0 Å². The molecule has 1 aliphatic heterocycles. The van der Waals surface area contributed by atoms with Crippen LogP contribution in [0.4, 0.5) is 5.69 Å². The lowest BCUT2D eigenvalue weighted by Gasteiger charge is -2.15. The second-order valence-electron chi connectivity index (χ2n) is 4.94. The van der Waals surface area contributed by atoms with E-state index in [2.05, 4.69) is 0 Å². The number of carbonyl (C=O) groups is 1. The average molecular weight is 291 g/mol. The first-order valence-electron chi connectivity index (χ1n) is 6.28. The van der Waals surface area contributed by atoms with E-state index >= 15 is 0 Å². The van der Waals surface area contributed by atoms with Gasteiger partial charge in [-0.1, -0.05) is 0 Å². The molecule has 21 heavy (non-hydrogen) atoms. The Morgan fingerprint density at radius 1 is 1.57 bits per heavy atom. The van der Waals surface area contributed by atoms with E-state index in [0.29, 0.717) is 31.6 Å². The second-order valence-corrected chi connectivity index (χ2v) is 4.94. The number of nitro groups is 1. The summed E-state index contributed by atoms with van der Waals surface area (Å²) in [5.41, 5.74) is -0.173. The molecule has 0 aromatic heterocycles. The summed E-state index contributed by atoms with van der Waals surface area (Å²) in [7, 11) is 0. The maximum absolute atomic E-state index is 10.9. The fourth-order valence-electron chi connectivity index (χ4n) is 2.43. The average Bonchev–Trinajstić information content (AvgIpc) is 2.89. The van der Waals surface area contributed by atoms with Crippen molar-refractivity contribution in [2.24, 2.45) is 5.92 Å². The Bertz CT molecular complexity index is 637. The highest BCUT2D eigenvalue weighted by Gasteiger charge is 2.28. The lowest BCUT2D eigenvalue weighted by atomic mass is 10.1. The molecule has 0 radical (unpaired) electrons. The number of nitriles is 1. The largest absolute Gasteiger partial charge is 0.501 e. The molecule has 0 saturated carbocycles. The fraction of sp³-hybridized carbons (Fsp3) is 0.385. The molecule has 0 amide bonds. The Kier molecular flexibility index (Phi) is 4.05. The van der Waals surface area contributed by atoms with Gasteiger partial charge in [0.25, 0.3) is 0 Å². The van der Waals surface area contributed by atoms with Gasteiger partial charge in [0.2, 0.25) is 5.75 Å². The molecule has 1 fully saturated rings. The summed E-state index contributed by atoms with van der Waals surface area (Å²) in [6.45, 7) is 1.25. The van der Waals surface area contributed by atoms with Gasteiger partial charge in [0.05, 0.1) is 10.8 Å². The molecule has 0 spiro atoms. The third kappa shape index (κ3) is 3.09. The molecule has 1 unspecified atom stereocenters. The molecule has 2 N–H and O–H groups in total. The lowest BCUT2D eigenvalue weighted by molar-refractivity contribution is -0.386. The van der Waals surface area contributed by atoms with Crippen molar-refractivity contribution >= 4 is 11.7 Å². The molecule has 1 heterocycles. The molecule has 1 aromatic rings. The van der Waals surface area contributed by atoms with Crippen LogP contribution in [-0.4, -0.2) is 39.1 Å². The number of aliphatic carboxylic acids is 1. The van der Waals surface area contributed by atoms with Crippen LogP contribution >= 0.6 is 0 Å². The third-order valence-corrected chi connectivity index (χ3v) is 3.49. The minimum absolute atomic E-state index is 0.159. The topological polar surface area (TPSA) is 128 Å². The molecular formula is C13H13N3O5. The van der Waals surface area contributed by atoms with Crippen molar-refractivity contribution in [2.75, 3.05) is 13.1 Å². The quantitative estimate of drug-likeness (QED) is 0.627. The van der Waals surface area contributed by atoms with E-state index in [-0.39, 0.29) is 5.56 Å². The number of rotatable bonds is 4. The number of hydrogen-bond donors (Lipinski definition) is 2. The lowest BCUT2D eigenvalue weighted by Crippen LogP contribution is -2.22. The van der Waals surface area contributed by atoms with Crippen molar-refractivity contribution in [3.63, 3.8) is 0 Å². The van der Waals surface area contributed by atoms with Crippen molar-refractivity contribution < 1.29 is 19.9 Å². The SMILES string of the molecule is N#Cc1cc(CN2CCC(C(=O)O)C2)cc([N+](=O)[O-])c1O. The van der Waals surface area contributed by atoms with Gasteiger partial charge >= 0.3 is 11.7 Å². The van der Waals surface area contributed by atoms with Gasteiger partial charge in [-0.05, 0) is 24.6 Å². The van der Waals surface area contributed by atoms with Crippen molar-refractivity contribution in [3.05, 3.63) is 33.4 Å². The van der Waals surface area contributed by atoms with Gasteiger partial charge in [0.1, 0.15) is 11.6 Å². The predicted octanol–water partition coefficient (Wildman–Crippen LogP) is 1.08. The Morgan fingerprint density at radius 3 is 2.81 bits per heavy atom. The van der Waals surface area contributed by atoms with Crippen molar-refractivity contribution in [1.82, 2.24) is 4.90 Å². The number of nitro benzene ring substituents is 1. The molecular weight excluding hydrogens is 278 g/mol. The maximum atomic E-state index is 10.9. The zero-order valence-corrected chi connectivity index (χ0v) is 11.0. The van der Waals surface area contributed by atoms with Crippen LogP contribution < -0.4 is 0 Å². The highest BCUT2D eigenvalue weighted by molar-refractivity contribution is 5.70. The fourth-order valence-corrected chi connectivity index (χ4v) is 2.43. The van der Waals surface area contributed by atoms with E-state index < -0.39 is 28.2 Å². The van der Waals surface area contributed by atoms with E-state index in [0.717, 1.165) is 0 Å². The van der Waals surface area contributed by atoms with Gasteiger partial charge < -0.3 is 10.2 Å². The highest BCUT2D eigenvalue weighted by Crippen LogP contribution is 2.31. The minimum atomic E-state index is -0.855. The molecule has 0 bridgehead atoms. The van der Waals surface area contributed by atoms with Gasteiger partial charge in [-0.3, -0.25) is 19.8 Å². The normalized spacial score (nSPS) is 18.3. The van der Waals surface area contributed by atoms with E-state index in [9.17, 15) is 20.0 Å². The first kappa shape index (κ1) is 14.7. The number of phenolic OH excluding ortho intramolecular Hbond substituents is 1. The molecule has 2 rings (SSSR count). The zero-order chi connectivity index (χ0) is 15.6. The highest BCUT2D eigenvalue weighted by atomic mass is 16.6. The van der Waals surface area contributed by atoms with Crippen LogP contribution in [-0.2, 0) is 11.3 Å². The van der Waals surface area contributed by atoms with Gasteiger partial charge in [-0.25, -0.2) is 0 Å². The van der Waals surface area contributed by atoms with E-state index in [4.69, 9.17) is 10.4 Å². The summed E-state index contributed by atoms with van der Waals surface area (Å²) in [6.07, 6.45) is 0.528. The number of likely N-dealkylation sites (tertiary alicyclic amines) is 1. The van der Waals surface area contributed by atoms with Crippen molar-refractivity contribution in [1.29, 1.82) is 5.26 Å². The summed E-state index contributed by atoms with van der Waals surface area (Å²) in [6, 6.07) is 4.31. The number of benzene rings is 1. The number of carboxylic acids is 1. The van der Waals surface area contributed by atoms with Crippen LogP contribution in [0.15, 0.2) is 12.1 Å². The maximum Gasteiger partial charge on any atom is 0.312 e. The summed E-state index contributed by atoms with van der Waals surface area (Å²) in [5, 5.41) is 38.3. The Hall–Kier alpha value is -2.66. The number of nitrogens with zero attached hydrogens (tertiary/aromatic N) is 3. The first-order valence-corrected chi connectivity index (χ1v) is 6.28. The molecule has 1 aromatic carbocycles. The first-order chi connectivity index (χ1) is 9.92. The number of hydrogen-bond acceptors (Lipinski definition) is 6. The standard InChI is InChI=1S/C13H13N3O5/c14-5-10-3-8(4-11(12(10)17)16(20)21)6-15-2-1-9(7-15)13(18)19/h3-4,9,17H,1-2,6-7H2,(H,18,19). The minimum Gasteiger partial charge on any atom is -0.501 e. The molecule has 1 atom stereocenters. The summed E-state index contributed by atoms with van der Waals surface area (Å²) in [5.74, 6) is -1.93. The smallest absolute Gasteiger partial charge is 0.312 e. The summed E-state index contributed by atoms with van der Waals surface area (Å²) < 4.78 is 0. The van der Waals surface area contributed by atoms with Crippen LogP contribution in [0.25, 0.3) is 0 Å². The van der Waals surface area contributed by atoms with Crippen molar-refractivity contribution in [3.8, 4) is 11.8 Å². The third-order valence-electron chi connectivity index (χ3n) is 3.49. The molecule has 8 heteroatoms. The van der Waals surface area contributed by atoms with Crippen LogP contribution in [0.3, 0.4) is 0 Å². The monoisotopic (exact) mass is 291 g/mol. The van der Waals surface area contributed by atoms with Crippen LogP contribution in [0.1, 0.15) is 17.5 Å². The second kappa shape index (κ2) is 5.76. The van der Waals surface area contributed by atoms with Gasteiger partial charge in [-0.2, -0.15) is 5.26 Å². The van der Waals surface area contributed by atoms with Crippen LogP contribution in [0, 0.1) is 27.4 Å². The molecule has 1 saturated heterocycles. The van der Waals surface area contributed by atoms with Crippen LogP contribution in [0.5, 0.6) is 5.75 Å². The van der Waals surface area contributed by atoms with E-state index in [1.165, 1.54) is 12.1 Å². The predicted molar refractivity (Wildman–Crippen MR) is 70.5 cm³/mol. The molecule has 110 valence electrons. The number of carboxylic acid groups (broad SMARTS) is 1. The Balaban J connectivity index is 2.22. The van der Waals surface area contributed by atoms with Gasteiger partial charge in [-0.15, -0.1) is 0 Å². The van der Waals surface area contributed by atoms with Gasteiger partial charge in [0.15, 0.2) is 0 Å². The Morgan fingerprint density at radius 2 is 2.29 bits per heavy atom. The zero-order valence-electron chi connectivity index (χ0n) is 11.0. The molecule has 1 aliphatic rings. The number of phenols is 1. The molecule has 8 nitrogen and oxygen atoms in total. The Labute approximate surface area is 120 Å². The van der Waals surface area contributed by atoms with Crippen LogP contribution in [0.2, 0.25) is 0 Å². The molecule has 0 aliphatic carbocycles. The number of aromatic hydroxyl groups is 1. The summed E-state index contributed by atoms with van der Waals surface area (Å²) in [4.78, 5) is 22.9. The van der Waals surface area contributed by atoms with Gasteiger partial charge in [0, 0.05) is 19.2 Å². The van der Waals surface area contributed by atoms with E-state index in [1.54, 1.807) is 6.07 Å². The van der Waals surface area contributed by atoms with E-state index in [1.807, 2.05) is 4.90 Å². The summed E-state index contributed by atoms with van der Waals surface area (Å²) >= 11 is 0.